The SMILES string of the molecule is Cn1cnc(S(=O)(=O)N2CC(Nc3cccc(C(F)(F)F)c3)C(c3cccc(F)c3)C2)c1. The Balaban J connectivity index is 1.67. The van der Waals surface area contributed by atoms with Crippen LogP contribution >= 0.6 is 0 Å². The van der Waals surface area contributed by atoms with E-state index in [9.17, 15) is 26.0 Å². The zero-order valence-corrected chi connectivity index (χ0v) is 17.7. The molecule has 6 nitrogen and oxygen atoms in total. The van der Waals surface area contributed by atoms with Crippen molar-refractivity contribution >= 4 is 15.7 Å². The number of aryl methyl sites for hydroxylation is 1. The minimum Gasteiger partial charge on any atom is -0.380 e. The van der Waals surface area contributed by atoms with Crippen LogP contribution in [0.25, 0.3) is 0 Å². The Kier molecular flexibility index (Phi) is 5.72. The lowest BCUT2D eigenvalue weighted by molar-refractivity contribution is -0.137. The number of hydrogen-bond donors (Lipinski definition) is 1. The maximum absolute atomic E-state index is 13.9. The third kappa shape index (κ3) is 4.49. The zero-order valence-electron chi connectivity index (χ0n) is 16.9. The van der Waals surface area contributed by atoms with Crippen molar-refractivity contribution in [1.82, 2.24) is 13.9 Å². The van der Waals surface area contributed by atoms with Crippen LogP contribution in [0.4, 0.5) is 23.2 Å². The van der Waals surface area contributed by atoms with E-state index in [1.54, 1.807) is 13.1 Å². The van der Waals surface area contributed by atoms with Gasteiger partial charge in [-0.25, -0.2) is 17.8 Å². The molecule has 0 saturated carbocycles. The highest BCUT2D eigenvalue weighted by Crippen LogP contribution is 2.35. The molecule has 170 valence electrons. The van der Waals surface area contributed by atoms with Gasteiger partial charge in [-0.3, -0.25) is 0 Å². The zero-order chi connectivity index (χ0) is 23.1. The van der Waals surface area contributed by atoms with Crippen LogP contribution in [-0.2, 0) is 23.2 Å². The molecule has 1 aliphatic rings. The second-order valence-corrected chi connectivity index (χ2v) is 9.58. The Labute approximate surface area is 182 Å². The van der Waals surface area contributed by atoms with Crippen molar-refractivity contribution in [3.05, 3.63) is 78.0 Å². The minimum atomic E-state index is -4.51. The molecule has 4 rings (SSSR count). The Bertz CT molecular complexity index is 1230. The Hall–Kier alpha value is -2.92. The van der Waals surface area contributed by atoms with Crippen molar-refractivity contribution < 1.29 is 26.0 Å². The van der Waals surface area contributed by atoms with Crippen LogP contribution in [0.1, 0.15) is 17.0 Å². The van der Waals surface area contributed by atoms with E-state index in [-0.39, 0.29) is 23.8 Å². The van der Waals surface area contributed by atoms with E-state index in [1.807, 2.05) is 0 Å². The summed E-state index contributed by atoms with van der Waals surface area (Å²) in [7, 11) is -2.30. The number of halogens is 4. The third-order valence-corrected chi connectivity index (χ3v) is 7.11. The maximum atomic E-state index is 13.9. The molecule has 2 unspecified atom stereocenters. The summed E-state index contributed by atoms with van der Waals surface area (Å²) in [5, 5.41) is 2.90. The number of imidazole rings is 1. The van der Waals surface area contributed by atoms with Crippen LogP contribution in [0, 0.1) is 5.82 Å². The molecule has 1 N–H and O–H groups in total. The first-order chi connectivity index (χ1) is 15.0. The summed E-state index contributed by atoms with van der Waals surface area (Å²) in [5.41, 5.74) is -0.0720. The molecule has 0 spiro atoms. The smallest absolute Gasteiger partial charge is 0.380 e. The summed E-state index contributed by atoms with van der Waals surface area (Å²) in [6.45, 7) is 0.00925. The highest BCUT2D eigenvalue weighted by molar-refractivity contribution is 7.89. The normalized spacial score (nSPS) is 19.9. The first-order valence-electron chi connectivity index (χ1n) is 9.71. The van der Waals surface area contributed by atoms with Gasteiger partial charge in [0.15, 0.2) is 5.03 Å². The molecule has 0 bridgehead atoms. The molecule has 0 aliphatic carbocycles. The van der Waals surface area contributed by atoms with E-state index in [1.165, 1.54) is 51.7 Å². The fraction of sp³-hybridized carbons (Fsp3) is 0.286. The molecule has 2 heterocycles. The number of hydrogen-bond acceptors (Lipinski definition) is 4. The van der Waals surface area contributed by atoms with Crippen molar-refractivity contribution in [3.63, 3.8) is 0 Å². The highest BCUT2D eigenvalue weighted by atomic mass is 32.2. The molecule has 1 aliphatic heterocycles. The molecule has 1 fully saturated rings. The van der Waals surface area contributed by atoms with E-state index >= 15 is 0 Å². The van der Waals surface area contributed by atoms with Crippen molar-refractivity contribution in [2.24, 2.45) is 7.05 Å². The van der Waals surface area contributed by atoms with Crippen LogP contribution in [0.5, 0.6) is 0 Å². The highest BCUT2D eigenvalue weighted by Gasteiger charge is 2.41. The molecule has 0 radical (unpaired) electrons. The summed E-state index contributed by atoms with van der Waals surface area (Å²) in [6, 6.07) is 9.87. The van der Waals surface area contributed by atoms with Gasteiger partial charge in [0.2, 0.25) is 0 Å². The van der Waals surface area contributed by atoms with Gasteiger partial charge in [0.05, 0.1) is 11.9 Å². The molecule has 2 atom stereocenters. The maximum Gasteiger partial charge on any atom is 0.416 e. The summed E-state index contributed by atoms with van der Waals surface area (Å²) in [4.78, 5) is 3.92. The van der Waals surface area contributed by atoms with Gasteiger partial charge < -0.3 is 9.88 Å². The average Bonchev–Trinajstić information content (AvgIpc) is 3.35. The van der Waals surface area contributed by atoms with E-state index < -0.39 is 39.5 Å². The molecule has 1 saturated heterocycles. The Morgan fingerprint density at radius 1 is 1.09 bits per heavy atom. The van der Waals surface area contributed by atoms with Crippen LogP contribution in [0.2, 0.25) is 0 Å². The van der Waals surface area contributed by atoms with Crippen molar-refractivity contribution in [2.45, 2.75) is 23.2 Å². The average molecular weight is 468 g/mol. The molecule has 3 aromatic rings. The topological polar surface area (TPSA) is 67.2 Å². The number of alkyl halides is 3. The first-order valence-corrected chi connectivity index (χ1v) is 11.2. The number of nitrogens with one attached hydrogen (secondary N) is 1. The van der Waals surface area contributed by atoms with Gasteiger partial charge in [-0.05, 0) is 35.9 Å². The Morgan fingerprint density at radius 2 is 1.84 bits per heavy atom. The standard InChI is InChI=1S/C21H20F4N4O2S/c1-28-12-20(26-13-28)32(30,31)29-10-18(14-4-2-6-16(22)8-14)19(11-29)27-17-7-3-5-15(9-17)21(23,24)25/h2-9,12-13,18-19,27H,10-11H2,1H3. The van der Waals surface area contributed by atoms with Gasteiger partial charge >= 0.3 is 6.18 Å². The number of benzene rings is 2. The first kappa shape index (κ1) is 22.3. The predicted octanol–water partition coefficient (Wildman–Crippen LogP) is 3.85. The molecule has 0 amide bonds. The third-order valence-electron chi connectivity index (χ3n) is 5.39. The largest absolute Gasteiger partial charge is 0.416 e. The van der Waals surface area contributed by atoms with Gasteiger partial charge in [-0.15, -0.1) is 0 Å². The Morgan fingerprint density at radius 3 is 2.50 bits per heavy atom. The van der Waals surface area contributed by atoms with Crippen LogP contribution < -0.4 is 5.32 Å². The van der Waals surface area contributed by atoms with Gasteiger partial charge in [0.1, 0.15) is 5.82 Å². The molecule has 32 heavy (non-hydrogen) atoms. The van der Waals surface area contributed by atoms with E-state index in [4.69, 9.17) is 0 Å². The quantitative estimate of drug-likeness (QED) is 0.578. The number of sulfonamides is 1. The van der Waals surface area contributed by atoms with Crippen LogP contribution in [0.3, 0.4) is 0 Å². The summed E-state index contributed by atoms with van der Waals surface area (Å²) in [6.07, 6.45) is -1.77. The molecule has 2 aromatic carbocycles. The van der Waals surface area contributed by atoms with Gasteiger partial charge in [0.25, 0.3) is 10.0 Å². The lowest BCUT2D eigenvalue weighted by Gasteiger charge is -2.22. The van der Waals surface area contributed by atoms with Crippen molar-refractivity contribution in [3.8, 4) is 0 Å². The number of nitrogens with zero attached hydrogens (tertiary/aromatic N) is 3. The number of anilines is 1. The van der Waals surface area contributed by atoms with Gasteiger partial charge in [-0.1, -0.05) is 18.2 Å². The van der Waals surface area contributed by atoms with Gasteiger partial charge in [0, 0.05) is 44.0 Å². The van der Waals surface area contributed by atoms with E-state index in [0.717, 1.165) is 12.1 Å². The molecular formula is C21H20F4N4O2S. The number of rotatable bonds is 5. The second kappa shape index (κ2) is 8.21. The lowest BCUT2D eigenvalue weighted by atomic mass is 9.94. The summed E-state index contributed by atoms with van der Waals surface area (Å²) in [5.74, 6) is -0.968. The molecule has 11 heteroatoms. The second-order valence-electron chi connectivity index (χ2n) is 7.69. The minimum absolute atomic E-state index is 0.0175. The van der Waals surface area contributed by atoms with Crippen LogP contribution in [0.15, 0.2) is 66.1 Å². The fourth-order valence-corrected chi connectivity index (χ4v) is 5.30. The lowest BCUT2D eigenvalue weighted by Crippen LogP contribution is -2.32. The van der Waals surface area contributed by atoms with Crippen LogP contribution in [-0.4, -0.2) is 41.4 Å². The molecular weight excluding hydrogens is 448 g/mol. The van der Waals surface area contributed by atoms with Gasteiger partial charge in [-0.2, -0.15) is 17.5 Å². The fourth-order valence-electron chi connectivity index (χ4n) is 3.84. The number of aromatic nitrogens is 2. The van der Waals surface area contributed by atoms with E-state index in [2.05, 4.69) is 10.3 Å². The van der Waals surface area contributed by atoms with Crippen molar-refractivity contribution in [1.29, 1.82) is 0 Å². The van der Waals surface area contributed by atoms with Crippen molar-refractivity contribution in [2.75, 3.05) is 18.4 Å². The van der Waals surface area contributed by atoms with E-state index in [0.29, 0.717) is 5.56 Å². The summed E-state index contributed by atoms with van der Waals surface area (Å²) >= 11 is 0. The predicted molar refractivity (Wildman–Crippen MR) is 110 cm³/mol. The summed E-state index contributed by atoms with van der Waals surface area (Å²) < 4.78 is 82.1. The monoisotopic (exact) mass is 468 g/mol. The molecule has 1 aromatic heterocycles.